The van der Waals surface area contributed by atoms with E-state index in [9.17, 15) is 56.4 Å². The van der Waals surface area contributed by atoms with Crippen molar-refractivity contribution in [3.05, 3.63) is 0 Å². The van der Waals surface area contributed by atoms with Gasteiger partial charge in [0, 0.05) is 37.9 Å². The van der Waals surface area contributed by atoms with Gasteiger partial charge in [-0.2, -0.15) is 16.8 Å². The first-order valence-corrected chi connectivity index (χ1v) is 9.56. The van der Waals surface area contributed by atoms with E-state index in [-0.39, 0.29) is 118 Å². The molecule has 0 saturated heterocycles. The van der Waals surface area contributed by atoms with Crippen LogP contribution in [0.4, 0.5) is 0 Å². The predicted molar refractivity (Wildman–Crippen MR) is 78.0 cm³/mol. The van der Waals surface area contributed by atoms with E-state index in [1.165, 1.54) is 0 Å². The van der Waals surface area contributed by atoms with Crippen molar-refractivity contribution in [2.24, 2.45) is 11.5 Å². The molecule has 0 rings (SSSR count). The molecule has 22 heteroatoms. The number of aliphatic carboxylic acids is 4. The molecular formula is C10H16N2Na4O14S2. The van der Waals surface area contributed by atoms with E-state index < -0.39 is 67.5 Å². The number of carbonyl (C=O) groups excluding carboxylic acids is 4. The molecule has 0 amide bonds. The number of nitrogens with two attached hydrogens (primary N) is 2. The van der Waals surface area contributed by atoms with Gasteiger partial charge in [0.25, 0.3) is 20.2 Å². The number of carboxylic acid groups (broad SMARTS) is 4. The Balaban J connectivity index is -0.0000000604. The number of hydrogen-bond acceptors (Lipinski definition) is 14. The van der Waals surface area contributed by atoms with Crippen LogP contribution < -0.4 is 150 Å². The third-order valence-electron chi connectivity index (χ3n) is 2.12. The Morgan fingerprint density at radius 1 is 0.625 bits per heavy atom. The van der Waals surface area contributed by atoms with Crippen molar-refractivity contribution in [2.45, 2.75) is 23.3 Å². The van der Waals surface area contributed by atoms with Crippen molar-refractivity contribution in [3.8, 4) is 0 Å². The third kappa shape index (κ3) is 31.6. The summed E-state index contributed by atoms with van der Waals surface area (Å²) in [7, 11) is -9.88. The van der Waals surface area contributed by atoms with Gasteiger partial charge in [0.2, 0.25) is 0 Å². The van der Waals surface area contributed by atoms with Crippen LogP contribution in [-0.2, 0) is 39.4 Å². The molecule has 16 nitrogen and oxygen atoms in total. The van der Waals surface area contributed by atoms with E-state index in [0.29, 0.717) is 13.1 Å². The summed E-state index contributed by atoms with van der Waals surface area (Å²) in [5.74, 6) is -8.16. The van der Waals surface area contributed by atoms with Crippen LogP contribution in [0.5, 0.6) is 0 Å². The first-order chi connectivity index (χ1) is 12.4. The van der Waals surface area contributed by atoms with Crippen molar-refractivity contribution in [3.63, 3.8) is 0 Å². The smallest absolute Gasteiger partial charge is 0.550 e. The maximum atomic E-state index is 10.2. The van der Waals surface area contributed by atoms with E-state index in [1.54, 1.807) is 0 Å². The first-order valence-electron chi connectivity index (χ1n) is 6.55. The molecule has 0 bridgehead atoms. The SMILES string of the molecule is NCCN.O=C([O-])CC(C(=O)[O-])S(=O)(=O)O.O=C([O-])CC(C(=O)[O-])S(=O)(=O)O.[Na+].[Na+].[Na+].[Na+]. The summed E-state index contributed by atoms with van der Waals surface area (Å²) in [6, 6.07) is 0. The van der Waals surface area contributed by atoms with Gasteiger partial charge in [-0.05, 0) is 0 Å². The molecule has 6 N–H and O–H groups in total. The van der Waals surface area contributed by atoms with Crippen LogP contribution in [0.25, 0.3) is 0 Å². The second kappa shape index (κ2) is 25.7. The predicted octanol–water partition coefficient (Wildman–Crippen LogP) is -20.8. The molecule has 0 fully saturated rings. The molecule has 0 aliphatic heterocycles. The zero-order valence-corrected chi connectivity index (χ0v) is 27.4. The Bertz CT molecular complexity index is 697. The van der Waals surface area contributed by atoms with Crippen molar-refractivity contribution < 1.29 is 184 Å². The summed E-state index contributed by atoms with van der Waals surface area (Å²) in [6.45, 7) is 1.19. The molecule has 0 aliphatic rings. The average Bonchev–Trinajstić information content (AvgIpc) is 2.48. The van der Waals surface area contributed by atoms with Gasteiger partial charge in [0.1, 0.15) is 10.5 Å². The molecule has 0 spiro atoms. The second-order valence-electron chi connectivity index (χ2n) is 4.37. The summed E-state index contributed by atoms with van der Waals surface area (Å²) in [5, 5.41) is 34.5. The van der Waals surface area contributed by atoms with E-state index in [0.717, 1.165) is 0 Å². The van der Waals surface area contributed by atoms with Crippen LogP contribution >= 0.6 is 0 Å². The van der Waals surface area contributed by atoms with Crippen LogP contribution in [0.2, 0.25) is 0 Å². The third-order valence-corrected chi connectivity index (χ3v) is 4.27. The molecule has 0 aromatic heterocycles. The van der Waals surface area contributed by atoms with Gasteiger partial charge in [-0.3, -0.25) is 9.11 Å². The van der Waals surface area contributed by atoms with Crippen LogP contribution in [0, 0.1) is 0 Å². The largest absolute Gasteiger partial charge is 1.00 e. The van der Waals surface area contributed by atoms with E-state index >= 15 is 0 Å². The fourth-order valence-corrected chi connectivity index (χ4v) is 2.10. The summed E-state index contributed by atoms with van der Waals surface area (Å²) in [6.07, 6.45) is -2.66. The van der Waals surface area contributed by atoms with E-state index in [2.05, 4.69) is 0 Å². The minimum Gasteiger partial charge on any atom is -0.550 e. The van der Waals surface area contributed by atoms with Crippen molar-refractivity contribution >= 4 is 44.1 Å². The Morgan fingerprint density at radius 2 is 0.812 bits per heavy atom. The number of carbonyl (C=O) groups is 4. The Hall–Kier alpha value is 1.62. The van der Waals surface area contributed by atoms with Gasteiger partial charge >= 0.3 is 118 Å². The summed E-state index contributed by atoms with van der Waals surface area (Å²) >= 11 is 0. The van der Waals surface area contributed by atoms with Crippen LogP contribution in [0.15, 0.2) is 0 Å². The molecule has 0 radical (unpaired) electrons. The number of hydrogen-bond donors (Lipinski definition) is 4. The van der Waals surface area contributed by atoms with Crippen molar-refractivity contribution in [2.75, 3.05) is 13.1 Å². The molecule has 166 valence electrons. The van der Waals surface area contributed by atoms with Crippen LogP contribution in [-0.4, -0.2) is 73.4 Å². The fourth-order valence-electron chi connectivity index (χ4n) is 0.923. The molecule has 0 aliphatic carbocycles. The Kier molecular flexibility index (Phi) is 40.6. The first kappa shape index (κ1) is 50.5. The summed E-state index contributed by atoms with van der Waals surface area (Å²) in [5.41, 5.74) is 9.81. The maximum absolute atomic E-state index is 10.2. The molecular weight excluding hydrogens is 528 g/mol. The molecule has 0 aromatic rings. The van der Waals surface area contributed by atoms with Gasteiger partial charge in [0.05, 0.1) is 11.9 Å². The Morgan fingerprint density at radius 3 is 0.844 bits per heavy atom. The van der Waals surface area contributed by atoms with Gasteiger partial charge in [-0.1, -0.05) is 0 Å². The van der Waals surface area contributed by atoms with Crippen molar-refractivity contribution in [1.82, 2.24) is 0 Å². The molecule has 0 heterocycles. The monoisotopic (exact) mass is 544 g/mol. The zero-order valence-electron chi connectivity index (χ0n) is 17.7. The molecule has 0 aromatic carbocycles. The summed E-state index contributed by atoms with van der Waals surface area (Å²) < 4.78 is 56.9. The van der Waals surface area contributed by atoms with Crippen LogP contribution in [0.1, 0.15) is 12.8 Å². The van der Waals surface area contributed by atoms with Gasteiger partial charge < -0.3 is 51.1 Å². The molecule has 2 unspecified atom stereocenters. The van der Waals surface area contributed by atoms with E-state index in [1.807, 2.05) is 0 Å². The molecule has 0 saturated carbocycles. The molecule has 32 heavy (non-hydrogen) atoms. The Labute approximate surface area is 271 Å². The second-order valence-corrected chi connectivity index (χ2v) is 7.57. The zero-order chi connectivity index (χ0) is 23.3. The minimum atomic E-state index is -4.94. The van der Waals surface area contributed by atoms with Crippen molar-refractivity contribution in [1.29, 1.82) is 0 Å². The van der Waals surface area contributed by atoms with E-state index in [4.69, 9.17) is 20.6 Å². The van der Waals surface area contributed by atoms with Gasteiger partial charge in [-0.15, -0.1) is 0 Å². The topological polar surface area (TPSA) is 321 Å². The number of rotatable bonds is 9. The number of carboxylic acids is 4. The van der Waals surface area contributed by atoms with Crippen LogP contribution in [0.3, 0.4) is 0 Å². The molecule has 2 atom stereocenters. The average molecular weight is 544 g/mol. The fraction of sp³-hybridized carbons (Fsp3) is 0.600. The minimum absolute atomic E-state index is 0. The summed E-state index contributed by atoms with van der Waals surface area (Å²) in [4.78, 5) is 39.4. The quantitative estimate of drug-likeness (QED) is 0.154. The normalized spacial score (nSPS) is 11.2. The van der Waals surface area contributed by atoms with Gasteiger partial charge in [-0.25, -0.2) is 0 Å². The maximum Gasteiger partial charge on any atom is 1.00 e. The standard InChI is InChI=1S/2C4H6O7S.C2H8N2.4Na/c2*5-3(6)1-2(4(7)8)12(9,10)11;3-1-2-4;;;;/h2*2H,1H2,(H,5,6)(H,7,8)(H,9,10,11);1-4H2;;;;/q;;;4*+1/p-4. The van der Waals surface area contributed by atoms with Gasteiger partial charge in [0.15, 0.2) is 0 Å².